The van der Waals surface area contributed by atoms with E-state index < -0.39 is 0 Å². The number of nitrogens with one attached hydrogen (secondary N) is 1. The number of anilines is 2. The quantitative estimate of drug-likeness (QED) is 0.511. The molecule has 3 aromatic rings. The van der Waals surface area contributed by atoms with Crippen LogP contribution in [0.25, 0.3) is 0 Å². The summed E-state index contributed by atoms with van der Waals surface area (Å²) in [6.07, 6.45) is 0. The zero-order chi connectivity index (χ0) is 21.5. The fourth-order valence-corrected chi connectivity index (χ4v) is 3.79. The van der Waals surface area contributed by atoms with E-state index in [1.807, 2.05) is 42.5 Å². The van der Waals surface area contributed by atoms with Gasteiger partial charge in [0.25, 0.3) is 0 Å². The minimum atomic E-state index is 0.376. The summed E-state index contributed by atoms with van der Waals surface area (Å²) in [5.74, 6) is 1.43. The number of ether oxygens (including phenoxy) is 3. The van der Waals surface area contributed by atoms with Gasteiger partial charge in [0.2, 0.25) is 0 Å². The number of methoxy groups -OCH3 is 1. The Bertz CT molecular complexity index is 988. The summed E-state index contributed by atoms with van der Waals surface area (Å²) in [6, 6.07) is 22.1. The van der Waals surface area contributed by atoms with Crippen LogP contribution >= 0.6 is 11.6 Å². The molecule has 0 aliphatic carbocycles. The van der Waals surface area contributed by atoms with Gasteiger partial charge in [-0.3, -0.25) is 0 Å². The summed E-state index contributed by atoms with van der Waals surface area (Å²) in [7, 11) is 1.65. The van der Waals surface area contributed by atoms with Gasteiger partial charge < -0.3 is 24.4 Å². The van der Waals surface area contributed by atoms with Crippen LogP contribution in [0.2, 0.25) is 5.02 Å². The molecule has 0 radical (unpaired) electrons. The van der Waals surface area contributed by atoms with Crippen molar-refractivity contribution in [2.24, 2.45) is 0 Å². The molecule has 0 amide bonds. The smallest absolute Gasteiger partial charge is 0.166 e. The largest absolute Gasteiger partial charge is 0.493 e. The number of morpholine rings is 1. The lowest BCUT2D eigenvalue weighted by atomic mass is 10.1. The first kappa shape index (κ1) is 21.3. The highest BCUT2D eigenvalue weighted by molar-refractivity contribution is 6.31. The molecule has 0 bridgehead atoms. The van der Waals surface area contributed by atoms with Crippen LogP contribution in [-0.2, 0) is 17.9 Å². The minimum absolute atomic E-state index is 0.376. The molecule has 1 heterocycles. The van der Waals surface area contributed by atoms with Crippen LogP contribution in [0.4, 0.5) is 11.4 Å². The molecular weight excluding hydrogens is 412 g/mol. The van der Waals surface area contributed by atoms with E-state index in [1.54, 1.807) is 7.11 Å². The van der Waals surface area contributed by atoms with Gasteiger partial charge in [0.1, 0.15) is 6.61 Å². The molecule has 1 N–H and O–H groups in total. The lowest BCUT2D eigenvalue weighted by Crippen LogP contribution is -2.36. The van der Waals surface area contributed by atoms with E-state index >= 15 is 0 Å². The molecule has 1 saturated heterocycles. The molecule has 1 aliphatic rings. The van der Waals surface area contributed by atoms with E-state index in [9.17, 15) is 0 Å². The van der Waals surface area contributed by atoms with Crippen LogP contribution in [0, 0.1) is 0 Å². The van der Waals surface area contributed by atoms with E-state index in [2.05, 4.69) is 34.5 Å². The van der Waals surface area contributed by atoms with Gasteiger partial charge in [-0.1, -0.05) is 41.9 Å². The van der Waals surface area contributed by atoms with Gasteiger partial charge in [0.05, 0.1) is 20.3 Å². The molecule has 1 fully saturated rings. The van der Waals surface area contributed by atoms with Crippen LogP contribution in [0.15, 0.2) is 66.7 Å². The molecule has 5 nitrogen and oxygen atoms in total. The van der Waals surface area contributed by atoms with Gasteiger partial charge in [0, 0.05) is 47.2 Å². The summed E-state index contributed by atoms with van der Waals surface area (Å²) >= 11 is 6.28. The predicted molar refractivity (Wildman–Crippen MR) is 126 cm³/mol. The first-order valence-electron chi connectivity index (χ1n) is 10.4. The molecule has 0 aromatic heterocycles. The Kier molecular flexibility index (Phi) is 7.18. The van der Waals surface area contributed by atoms with Crippen molar-refractivity contribution in [3.8, 4) is 11.5 Å². The Labute approximate surface area is 188 Å². The zero-order valence-corrected chi connectivity index (χ0v) is 18.4. The third-order valence-corrected chi connectivity index (χ3v) is 5.71. The van der Waals surface area contributed by atoms with Crippen LogP contribution in [0.3, 0.4) is 0 Å². The third kappa shape index (κ3) is 5.43. The fraction of sp³-hybridized carbons (Fsp3) is 0.280. The Morgan fingerprint density at radius 1 is 0.935 bits per heavy atom. The summed E-state index contributed by atoms with van der Waals surface area (Å²) in [4.78, 5) is 2.34. The Balaban J connectivity index is 1.43. The number of benzene rings is 3. The molecule has 31 heavy (non-hydrogen) atoms. The van der Waals surface area contributed by atoms with Crippen molar-refractivity contribution in [1.82, 2.24) is 0 Å². The monoisotopic (exact) mass is 438 g/mol. The minimum Gasteiger partial charge on any atom is -0.493 e. The van der Waals surface area contributed by atoms with Gasteiger partial charge in [-0.05, 0) is 36.4 Å². The van der Waals surface area contributed by atoms with Crippen LogP contribution in [0.1, 0.15) is 11.1 Å². The van der Waals surface area contributed by atoms with Crippen molar-refractivity contribution in [2.45, 2.75) is 13.2 Å². The van der Waals surface area contributed by atoms with Gasteiger partial charge >= 0.3 is 0 Å². The molecule has 162 valence electrons. The van der Waals surface area contributed by atoms with Crippen molar-refractivity contribution >= 4 is 23.0 Å². The summed E-state index contributed by atoms with van der Waals surface area (Å²) in [6.45, 7) is 4.43. The van der Waals surface area contributed by atoms with Gasteiger partial charge in [-0.25, -0.2) is 0 Å². The van der Waals surface area contributed by atoms with Gasteiger partial charge in [-0.2, -0.15) is 0 Å². The Morgan fingerprint density at radius 3 is 2.42 bits per heavy atom. The molecular formula is C25H27ClN2O3. The highest BCUT2D eigenvalue weighted by Crippen LogP contribution is 2.33. The van der Waals surface area contributed by atoms with E-state index in [4.69, 9.17) is 25.8 Å². The van der Waals surface area contributed by atoms with Crippen LogP contribution in [0.5, 0.6) is 11.5 Å². The number of rotatable bonds is 8. The van der Waals surface area contributed by atoms with E-state index in [0.717, 1.165) is 48.9 Å². The lowest BCUT2D eigenvalue weighted by Gasteiger charge is -2.29. The topological polar surface area (TPSA) is 43.0 Å². The molecule has 0 saturated carbocycles. The number of hydrogen-bond donors (Lipinski definition) is 1. The maximum atomic E-state index is 6.28. The second-order valence-electron chi connectivity index (χ2n) is 7.33. The van der Waals surface area contributed by atoms with Gasteiger partial charge in [-0.15, -0.1) is 0 Å². The number of nitrogens with zero attached hydrogens (tertiary/aromatic N) is 1. The average molecular weight is 439 g/mol. The molecule has 4 rings (SSSR count). The summed E-state index contributed by atoms with van der Waals surface area (Å²) < 4.78 is 17.1. The molecule has 0 unspecified atom stereocenters. The Hall–Kier alpha value is -2.89. The normalized spacial score (nSPS) is 13.7. The second-order valence-corrected chi connectivity index (χ2v) is 7.74. The van der Waals surface area contributed by atoms with Gasteiger partial charge in [0.15, 0.2) is 11.5 Å². The van der Waals surface area contributed by atoms with Crippen LogP contribution < -0.4 is 19.7 Å². The SMILES string of the molecule is COc1cccc(CNc2ccc(N3CCOCC3)cc2)c1OCc1ccccc1Cl. The predicted octanol–water partition coefficient (Wildman–Crippen LogP) is 5.38. The summed E-state index contributed by atoms with van der Waals surface area (Å²) in [5, 5.41) is 4.18. The Morgan fingerprint density at radius 2 is 1.68 bits per heavy atom. The maximum absolute atomic E-state index is 6.28. The van der Waals surface area contributed by atoms with E-state index in [0.29, 0.717) is 23.9 Å². The highest BCUT2D eigenvalue weighted by atomic mass is 35.5. The first-order valence-corrected chi connectivity index (χ1v) is 10.8. The summed E-state index contributed by atoms with van der Waals surface area (Å²) in [5.41, 5.74) is 4.23. The standard InChI is InChI=1S/C25H27ClN2O3/c1-29-24-8-4-6-19(25(24)31-18-20-5-2-3-7-23(20)26)17-27-21-9-11-22(12-10-21)28-13-15-30-16-14-28/h2-12,27H,13-18H2,1H3. The lowest BCUT2D eigenvalue weighted by molar-refractivity contribution is 0.122. The van der Waals surface area contributed by atoms with Crippen molar-refractivity contribution in [2.75, 3.05) is 43.6 Å². The fourth-order valence-electron chi connectivity index (χ4n) is 3.60. The van der Waals surface area contributed by atoms with Crippen LogP contribution in [-0.4, -0.2) is 33.4 Å². The number of hydrogen-bond acceptors (Lipinski definition) is 5. The molecule has 3 aromatic carbocycles. The molecule has 0 spiro atoms. The maximum Gasteiger partial charge on any atom is 0.166 e. The molecule has 0 atom stereocenters. The number of para-hydroxylation sites is 1. The highest BCUT2D eigenvalue weighted by Gasteiger charge is 2.13. The molecule has 6 heteroatoms. The third-order valence-electron chi connectivity index (χ3n) is 5.34. The van der Waals surface area contributed by atoms with E-state index in [1.165, 1.54) is 5.69 Å². The molecule has 1 aliphatic heterocycles. The van der Waals surface area contributed by atoms with Crippen molar-refractivity contribution in [3.05, 3.63) is 82.9 Å². The van der Waals surface area contributed by atoms with Crippen molar-refractivity contribution in [3.63, 3.8) is 0 Å². The number of halogens is 1. The van der Waals surface area contributed by atoms with Crippen molar-refractivity contribution in [1.29, 1.82) is 0 Å². The van der Waals surface area contributed by atoms with Crippen molar-refractivity contribution < 1.29 is 14.2 Å². The van der Waals surface area contributed by atoms with E-state index in [-0.39, 0.29) is 0 Å². The zero-order valence-electron chi connectivity index (χ0n) is 17.6. The average Bonchev–Trinajstić information content (AvgIpc) is 2.83. The first-order chi connectivity index (χ1) is 15.2. The second kappa shape index (κ2) is 10.4.